The Balaban J connectivity index is 2.24. The van der Waals surface area contributed by atoms with Crippen LogP contribution in [0.15, 0.2) is 36.4 Å². The van der Waals surface area contributed by atoms with E-state index in [2.05, 4.69) is 24.3 Å². The summed E-state index contributed by atoms with van der Waals surface area (Å²) in [7, 11) is 0. The minimum Gasteiger partial charge on any atom is -0.398 e. The Bertz CT molecular complexity index is 315. The summed E-state index contributed by atoms with van der Waals surface area (Å²) in [4.78, 5) is 0. The van der Waals surface area contributed by atoms with E-state index in [0.717, 1.165) is 12.1 Å². The van der Waals surface area contributed by atoms with Crippen molar-refractivity contribution in [1.82, 2.24) is 0 Å². The molecule has 0 bridgehead atoms. The lowest BCUT2D eigenvalue weighted by Gasteiger charge is -2.19. The van der Waals surface area contributed by atoms with Crippen molar-refractivity contribution in [2.75, 3.05) is 5.73 Å². The minimum absolute atomic E-state index is 0.645. The molecule has 1 unspecified atom stereocenters. The van der Waals surface area contributed by atoms with Gasteiger partial charge in [-0.25, -0.2) is 0 Å². The molecule has 13 heavy (non-hydrogen) atoms. The summed E-state index contributed by atoms with van der Waals surface area (Å²) in [5, 5.41) is 0. The fourth-order valence-corrected chi connectivity index (χ4v) is 1.96. The van der Waals surface area contributed by atoms with Crippen LogP contribution in [0.4, 0.5) is 5.69 Å². The number of allylic oxidation sites excluding steroid dienone is 2. The molecule has 1 aromatic carbocycles. The van der Waals surface area contributed by atoms with Crippen LogP contribution in [0.1, 0.15) is 30.7 Å². The van der Waals surface area contributed by atoms with Crippen LogP contribution >= 0.6 is 0 Å². The third-order valence-electron chi connectivity index (χ3n) is 2.70. The number of rotatable bonds is 1. The third-order valence-corrected chi connectivity index (χ3v) is 2.70. The Labute approximate surface area is 79.3 Å². The van der Waals surface area contributed by atoms with Gasteiger partial charge in [0.1, 0.15) is 0 Å². The highest BCUT2D eigenvalue weighted by molar-refractivity contribution is 5.48. The standard InChI is InChI=1S/C12H15N/c13-12-9-5-4-8-11(12)10-6-2-1-3-7-10/h1-2,4-5,8-10H,3,6-7,13H2. The Morgan fingerprint density at radius 3 is 2.69 bits per heavy atom. The maximum Gasteiger partial charge on any atom is 0.0349 e. The van der Waals surface area contributed by atoms with E-state index in [1.807, 2.05) is 12.1 Å². The highest BCUT2D eigenvalue weighted by Crippen LogP contribution is 2.32. The second-order valence-corrected chi connectivity index (χ2v) is 3.61. The van der Waals surface area contributed by atoms with Crippen molar-refractivity contribution in [1.29, 1.82) is 0 Å². The van der Waals surface area contributed by atoms with Crippen molar-refractivity contribution in [3.05, 3.63) is 42.0 Å². The molecule has 0 heterocycles. The molecule has 0 saturated carbocycles. The summed E-state index contributed by atoms with van der Waals surface area (Å²) in [6.07, 6.45) is 8.11. The summed E-state index contributed by atoms with van der Waals surface area (Å²) in [5.74, 6) is 0.645. The van der Waals surface area contributed by atoms with E-state index < -0.39 is 0 Å². The van der Waals surface area contributed by atoms with Gasteiger partial charge in [0.05, 0.1) is 0 Å². The quantitative estimate of drug-likeness (QED) is 0.512. The van der Waals surface area contributed by atoms with Crippen molar-refractivity contribution >= 4 is 5.69 Å². The zero-order valence-electron chi connectivity index (χ0n) is 7.74. The highest BCUT2D eigenvalue weighted by atomic mass is 14.6. The van der Waals surface area contributed by atoms with Crippen LogP contribution in [0.5, 0.6) is 0 Å². The van der Waals surface area contributed by atoms with E-state index in [1.165, 1.54) is 18.4 Å². The lowest BCUT2D eigenvalue weighted by Crippen LogP contribution is -2.04. The monoisotopic (exact) mass is 173 g/mol. The van der Waals surface area contributed by atoms with E-state index in [-0.39, 0.29) is 0 Å². The molecule has 0 fully saturated rings. The van der Waals surface area contributed by atoms with Crippen molar-refractivity contribution in [3.8, 4) is 0 Å². The van der Waals surface area contributed by atoms with Crippen LogP contribution in [0.2, 0.25) is 0 Å². The van der Waals surface area contributed by atoms with E-state index in [4.69, 9.17) is 5.73 Å². The number of nitrogens with two attached hydrogens (primary N) is 1. The molecule has 68 valence electrons. The third kappa shape index (κ3) is 1.74. The highest BCUT2D eigenvalue weighted by Gasteiger charge is 2.13. The average Bonchev–Trinajstić information content (AvgIpc) is 2.20. The Morgan fingerprint density at radius 2 is 2.00 bits per heavy atom. The first-order valence-corrected chi connectivity index (χ1v) is 4.87. The van der Waals surface area contributed by atoms with Crippen molar-refractivity contribution in [3.63, 3.8) is 0 Å². The number of nitrogen functional groups attached to an aromatic ring is 1. The van der Waals surface area contributed by atoms with Crippen LogP contribution in [0, 0.1) is 0 Å². The maximum absolute atomic E-state index is 5.93. The summed E-state index contributed by atoms with van der Waals surface area (Å²) >= 11 is 0. The molecule has 0 aromatic heterocycles. The molecule has 0 radical (unpaired) electrons. The van der Waals surface area contributed by atoms with Gasteiger partial charge in [-0.2, -0.15) is 0 Å². The van der Waals surface area contributed by atoms with Gasteiger partial charge in [0.2, 0.25) is 0 Å². The minimum atomic E-state index is 0.645. The number of anilines is 1. The zero-order valence-corrected chi connectivity index (χ0v) is 7.74. The first-order chi connectivity index (χ1) is 6.38. The van der Waals surface area contributed by atoms with Gasteiger partial charge < -0.3 is 5.73 Å². The topological polar surface area (TPSA) is 26.0 Å². The molecule has 1 nitrogen and oxygen atoms in total. The van der Waals surface area contributed by atoms with Gasteiger partial charge in [0, 0.05) is 5.69 Å². The molecule has 1 atom stereocenters. The fourth-order valence-electron chi connectivity index (χ4n) is 1.96. The largest absolute Gasteiger partial charge is 0.398 e. The number of hydrogen-bond acceptors (Lipinski definition) is 1. The first-order valence-electron chi connectivity index (χ1n) is 4.87. The summed E-state index contributed by atoms with van der Waals surface area (Å²) in [5.41, 5.74) is 8.20. The van der Waals surface area contributed by atoms with Gasteiger partial charge >= 0.3 is 0 Å². The molecule has 1 aromatic rings. The van der Waals surface area contributed by atoms with Gasteiger partial charge in [-0.1, -0.05) is 30.4 Å². The fraction of sp³-hybridized carbons (Fsp3) is 0.333. The van der Waals surface area contributed by atoms with E-state index in [9.17, 15) is 0 Å². The molecule has 1 aliphatic rings. The van der Waals surface area contributed by atoms with Crippen LogP contribution < -0.4 is 5.73 Å². The second kappa shape index (κ2) is 3.65. The van der Waals surface area contributed by atoms with Gasteiger partial charge in [0.25, 0.3) is 0 Å². The van der Waals surface area contributed by atoms with E-state index in [1.54, 1.807) is 0 Å². The molecule has 2 rings (SSSR count). The lowest BCUT2D eigenvalue weighted by molar-refractivity contribution is 0.619. The molecule has 0 saturated heterocycles. The molecule has 0 aliphatic heterocycles. The number of benzene rings is 1. The Hall–Kier alpha value is -1.24. The van der Waals surface area contributed by atoms with E-state index >= 15 is 0 Å². The number of hydrogen-bond donors (Lipinski definition) is 1. The van der Waals surface area contributed by atoms with Gasteiger partial charge in [-0.05, 0) is 36.8 Å². The summed E-state index contributed by atoms with van der Waals surface area (Å²) < 4.78 is 0. The average molecular weight is 173 g/mol. The molecular formula is C12H15N. The smallest absolute Gasteiger partial charge is 0.0349 e. The van der Waals surface area contributed by atoms with Gasteiger partial charge in [-0.3, -0.25) is 0 Å². The maximum atomic E-state index is 5.93. The Kier molecular flexibility index (Phi) is 2.35. The normalized spacial score (nSPS) is 21.7. The molecule has 2 N–H and O–H groups in total. The van der Waals surface area contributed by atoms with Crippen molar-refractivity contribution < 1.29 is 0 Å². The number of para-hydroxylation sites is 1. The summed E-state index contributed by atoms with van der Waals surface area (Å²) in [6.45, 7) is 0. The SMILES string of the molecule is Nc1ccccc1C1CC=CCC1. The van der Waals surface area contributed by atoms with Crippen LogP contribution in [0.3, 0.4) is 0 Å². The molecule has 0 spiro atoms. The van der Waals surface area contributed by atoms with Crippen LogP contribution in [-0.2, 0) is 0 Å². The molecule has 0 amide bonds. The van der Waals surface area contributed by atoms with Crippen molar-refractivity contribution in [2.45, 2.75) is 25.2 Å². The predicted octanol–water partition coefficient (Wildman–Crippen LogP) is 3.09. The summed E-state index contributed by atoms with van der Waals surface area (Å²) in [6, 6.07) is 8.22. The Morgan fingerprint density at radius 1 is 1.15 bits per heavy atom. The lowest BCUT2D eigenvalue weighted by atomic mass is 9.87. The zero-order chi connectivity index (χ0) is 9.10. The van der Waals surface area contributed by atoms with Gasteiger partial charge in [-0.15, -0.1) is 0 Å². The molecular weight excluding hydrogens is 158 g/mol. The van der Waals surface area contributed by atoms with Gasteiger partial charge in [0.15, 0.2) is 0 Å². The van der Waals surface area contributed by atoms with Crippen LogP contribution in [-0.4, -0.2) is 0 Å². The molecule has 1 aliphatic carbocycles. The molecule has 1 heteroatoms. The van der Waals surface area contributed by atoms with E-state index in [0.29, 0.717) is 5.92 Å². The first kappa shape index (κ1) is 8.36. The van der Waals surface area contributed by atoms with Crippen molar-refractivity contribution in [2.24, 2.45) is 0 Å². The second-order valence-electron chi connectivity index (χ2n) is 3.61. The van der Waals surface area contributed by atoms with Crippen LogP contribution in [0.25, 0.3) is 0 Å². The predicted molar refractivity (Wildman–Crippen MR) is 56.6 cm³/mol.